The molecule has 19 heavy (non-hydrogen) atoms. The summed E-state index contributed by atoms with van der Waals surface area (Å²) in [6.45, 7) is 8.41. The maximum atomic E-state index is 8.00. The topological polar surface area (TPSA) is 36.2 Å². The van der Waals surface area contributed by atoms with Crippen LogP contribution in [0.2, 0.25) is 0 Å². The lowest BCUT2D eigenvalue weighted by Crippen LogP contribution is -2.06. The molecule has 0 fully saturated rings. The molecule has 2 nitrogen and oxygen atoms in total. The maximum Gasteiger partial charge on any atom is 0.151 e. The van der Waals surface area contributed by atoms with Gasteiger partial charge in [-0.1, -0.05) is 57.9 Å². The van der Waals surface area contributed by atoms with Gasteiger partial charge in [-0.15, -0.1) is 0 Å². The predicted octanol–water partition coefficient (Wildman–Crippen LogP) is 4.86. The van der Waals surface area contributed by atoms with E-state index in [4.69, 9.17) is 5.41 Å². The zero-order valence-corrected chi connectivity index (χ0v) is 12.7. The lowest BCUT2D eigenvalue weighted by atomic mass is 10.0. The minimum atomic E-state index is 0.367. The fourth-order valence-corrected chi connectivity index (χ4v) is 1.78. The molecule has 0 spiro atoms. The van der Waals surface area contributed by atoms with Gasteiger partial charge in [-0.05, 0) is 31.2 Å². The van der Waals surface area contributed by atoms with Gasteiger partial charge in [0.15, 0.2) is 5.84 Å². The second-order valence-electron chi connectivity index (χ2n) is 5.41. The number of aryl methyl sites for hydroxylation is 1. The Labute approximate surface area is 117 Å². The summed E-state index contributed by atoms with van der Waals surface area (Å²) in [5.74, 6) is 0.764. The van der Waals surface area contributed by atoms with Gasteiger partial charge in [0.1, 0.15) is 0 Å². The van der Waals surface area contributed by atoms with Gasteiger partial charge in [-0.25, -0.2) is 4.99 Å². The number of amidine groups is 1. The Morgan fingerprint density at radius 1 is 1.16 bits per heavy atom. The first kappa shape index (κ1) is 15.6. The maximum absolute atomic E-state index is 8.00. The smallest absolute Gasteiger partial charge is 0.151 e. The Bertz CT molecular complexity index is 427. The molecule has 0 radical (unpaired) electrons. The van der Waals surface area contributed by atoms with E-state index in [1.165, 1.54) is 24.8 Å². The van der Waals surface area contributed by atoms with Crippen molar-refractivity contribution in [2.24, 2.45) is 10.9 Å². The van der Waals surface area contributed by atoms with E-state index >= 15 is 0 Å². The normalized spacial score (nSPS) is 11.9. The number of rotatable bonds is 6. The van der Waals surface area contributed by atoms with Crippen molar-refractivity contribution < 1.29 is 0 Å². The van der Waals surface area contributed by atoms with Crippen LogP contribution in [-0.2, 0) is 6.42 Å². The number of hydrogen-bond acceptors (Lipinski definition) is 1. The van der Waals surface area contributed by atoms with Crippen molar-refractivity contribution in [2.45, 2.75) is 53.4 Å². The summed E-state index contributed by atoms with van der Waals surface area (Å²) >= 11 is 0. The van der Waals surface area contributed by atoms with Gasteiger partial charge in [0.05, 0.1) is 0 Å². The molecule has 0 saturated heterocycles. The summed E-state index contributed by atoms with van der Waals surface area (Å²) in [5, 5.41) is 8.00. The molecule has 0 atom stereocenters. The molecule has 0 saturated carbocycles. The molecule has 104 valence electrons. The van der Waals surface area contributed by atoms with Crippen molar-refractivity contribution in [1.29, 1.82) is 5.41 Å². The van der Waals surface area contributed by atoms with E-state index in [1.54, 1.807) is 0 Å². The highest BCUT2D eigenvalue weighted by Gasteiger charge is 2.03. The van der Waals surface area contributed by atoms with E-state index in [0.717, 1.165) is 17.7 Å². The summed E-state index contributed by atoms with van der Waals surface area (Å²) in [5.41, 5.74) is 3.27. The fraction of sp³-hybridized carbons (Fsp3) is 0.529. The quantitative estimate of drug-likeness (QED) is 0.430. The zero-order valence-electron chi connectivity index (χ0n) is 12.7. The molecule has 0 aliphatic carbocycles. The molecule has 1 rings (SSSR count). The van der Waals surface area contributed by atoms with Crippen molar-refractivity contribution in [3.8, 4) is 0 Å². The standard InChI is InChI=1S/C17H26N2/c1-5-6-7-8-15-9-11-16(12-10-15)17(18)19-14(4)13(2)3/h9-13,18H,5-8H2,1-4H3/b18-17?,19-14+. The molecule has 0 bridgehead atoms. The van der Waals surface area contributed by atoms with E-state index in [-0.39, 0.29) is 0 Å². The van der Waals surface area contributed by atoms with E-state index in [1.807, 2.05) is 19.1 Å². The Hall–Kier alpha value is -1.44. The minimum Gasteiger partial charge on any atom is -0.282 e. The monoisotopic (exact) mass is 258 g/mol. The van der Waals surface area contributed by atoms with Crippen molar-refractivity contribution in [3.63, 3.8) is 0 Å². The molecule has 1 aromatic rings. The molecule has 0 amide bonds. The molecule has 1 N–H and O–H groups in total. The highest BCUT2D eigenvalue weighted by Crippen LogP contribution is 2.10. The van der Waals surface area contributed by atoms with Crippen molar-refractivity contribution >= 4 is 11.5 Å². The molecule has 1 aromatic carbocycles. The van der Waals surface area contributed by atoms with Gasteiger partial charge in [-0.3, -0.25) is 5.41 Å². The van der Waals surface area contributed by atoms with Crippen LogP contribution >= 0.6 is 0 Å². The molecule has 0 heterocycles. The SMILES string of the molecule is CCCCCc1ccc(C(=N)/N=C(\C)C(C)C)cc1. The van der Waals surface area contributed by atoms with Crippen molar-refractivity contribution in [2.75, 3.05) is 0 Å². The Balaban J connectivity index is 2.65. The Kier molecular flexibility index (Phi) is 6.48. The lowest BCUT2D eigenvalue weighted by Gasteiger charge is -2.06. The number of unbranched alkanes of at least 4 members (excludes halogenated alkanes) is 2. The van der Waals surface area contributed by atoms with Crippen LogP contribution in [0, 0.1) is 11.3 Å². The first-order valence-electron chi connectivity index (χ1n) is 7.27. The summed E-state index contributed by atoms with van der Waals surface area (Å²) in [6.07, 6.45) is 4.93. The molecular formula is C17H26N2. The van der Waals surface area contributed by atoms with Gasteiger partial charge < -0.3 is 0 Å². The molecular weight excluding hydrogens is 232 g/mol. The zero-order chi connectivity index (χ0) is 14.3. The third-order valence-electron chi connectivity index (χ3n) is 3.42. The highest BCUT2D eigenvalue weighted by molar-refractivity contribution is 6.05. The number of benzene rings is 1. The molecule has 0 aliphatic heterocycles. The minimum absolute atomic E-state index is 0.367. The van der Waals surface area contributed by atoms with Gasteiger partial charge in [-0.2, -0.15) is 0 Å². The first-order chi connectivity index (χ1) is 9.04. The van der Waals surface area contributed by atoms with Crippen LogP contribution in [0.25, 0.3) is 0 Å². The summed E-state index contributed by atoms with van der Waals surface area (Å²) in [7, 11) is 0. The first-order valence-corrected chi connectivity index (χ1v) is 7.27. The van der Waals surface area contributed by atoms with Crippen LogP contribution in [-0.4, -0.2) is 11.5 Å². The third-order valence-corrected chi connectivity index (χ3v) is 3.42. The Morgan fingerprint density at radius 2 is 1.79 bits per heavy atom. The van der Waals surface area contributed by atoms with Crippen LogP contribution < -0.4 is 0 Å². The lowest BCUT2D eigenvalue weighted by molar-refractivity contribution is 0.717. The number of nitrogens with zero attached hydrogens (tertiary/aromatic N) is 1. The number of nitrogens with one attached hydrogen (secondary N) is 1. The largest absolute Gasteiger partial charge is 0.282 e. The van der Waals surface area contributed by atoms with Crippen LogP contribution in [0.5, 0.6) is 0 Å². The summed E-state index contributed by atoms with van der Waals surface area (Å²) < 4.78 is 0. The van der Waals surface area contributed by atoms with Crippen LogP contribution in [0.15, 0.2) is 29.3 Å². The molecule has 0 aromatic heterocycles. The Morgan fingerprint density at radius 3 is 2.32 bits per heavy atom. The van der Waals surface area contributed by atoms with E-state index in [2.05, 4.69) is 37.9 Å². The second-order valence-corrected chi connectivity index (χ2v) is 5.41. The van der Waals surface area contributed by atoms with E-state index < -0.39 is 0 Å². The van der Waals surface area contributed by atoms with Gasteiger partial charge in [0, 0.05) is 11.3 Å². The third kappa shape index (κ3) is 5.37. The van der Waals surface area contributed by atoms with Crippen molar-refractivity contribution in [1.82, 2.24) is 0 Å². The summed E-state index contributed by atoms with van der Waals surface area (Å²) in [4.78, 5) is 4.35. The van der Waals surface area contributed by atoms with Crippen LogP contribution in [0.4, 0.5) is 0 Å². The van der Waals surface area contributed by atoms with Gasteiger partial charge >= 0.3 is 0 Å². The predicted molar refractivity (Wildman–Crippen MR) is 84.4 cm³/mol. The van der Waals surface area contributed by atoms with Crippen LogP contribution in [0.1, 0.15) is 58.1 Å². The van der Waals surface area contributed by atoms with E-state index in [9.17, 15) is 0 Å². The number of hydrogen-bond donors (Lipinski definition) is 1. The summed E-state index contributed by atoms with van der Waals surface area (Å²) in [6, 6.07) is 8.28. The average Bonchev–Trinajstić information content (AvgIpc) is 2.39. The van der Waals surface area contributed by atoms with Crippen molar-refractivity contribution in [3.05, 3.63) is 35.4 Å². The van der Waals surface area contributed by atoms with Gasteiger partial charge in [0.2, 0.25) is 0 Å². The highest BCUT2D eigenvalue weighted by atomic mass is 14.8. The molecule has 0 aliphatic rings. The second kappa shape index (κ2) is 7.88. The average molecular weight is 258 g/mol. The molecule has 0 unspecified atom stereocenters. The van der Waals surface area contributed by atoms with Gasteiger partial charge in [0.25, 0.3) is 0 Å². The van der Waals surface area contributed by atoms with Crippen LogP contribution in [0.3, 0.4) is 0 Å². The number of aliphatic imine (C=N–C) groups is 1. The fourth-order valence-electron chi connectivity index (χ4n) is 1.78. The molecule has 2 heteroatoms. The van der Waals surface area contributed by atoms with E-state index in [0.29, 0.717) is 11.8 Å².